The van der Waals surface area contributed by atoms with Gasteiger partial charge in [-0.2, -0.15) is 0 Å². The highest BCUT2D eigenvalue weighted by Gasteiger charge is 2.34. The van der Waals surface area contributed by atoms with Crippen molar-refractivity contribution in [2.24, 2.45) is 4.99 Å². The summed E-state index contributed by atoms with van der Waals surface area (Å²) in [4.78, 5) is 31.7. The number of carbonyl (C=O) groups excluding carboxylic acids is 1. The van der Waals surface area contributed by atoms with Crippen LogP contribution in [-0.4, -0.2) is 17.1 Å². The highest BCUT2D eigenvalue weighted by molar-refractivity contribution is 9.10. The van der Waals surface area contributed by atoms with Gasteiger partial charge in [0.2, 0.25) is 0 Å². The number of halogens is 2. The van der Waals surface area contributed by atoms with Crippen LogP contribution in [0.2, 0.25) is 5.02 Å². The fourth-order valence-electron chi connectivity index (χ4n) is 4.11. The van der Waals surface area contributed by atoms with Crippen molar-refractivity contribution in [1.29, 1.82) is 0 Å². The van der Waals surface area contributed by atoms with Crippen LogP contribution in [0.3, 0.4) is 0 Å². The maximum atomic E-state index is 13.7. The van der Waals surface area contributed by atoms with Crippen molar-refractivity contribution in [2.45, 2.75) is 19.9 Å². The molecule has 6 nitrogen and oxygen atoms in total. The molecule has 1 unspecified atom stereocenters. The number of allylic oxidation sites excluding steroid dienone is 1. The molecule has 0 saturated heterocycles. The summed E-state index contributed by atoms with van der Waals surface area (Å²) >= 11 is 11.2. The number of ether oxygens (including phenoxy) is 1. The van der Waals surface area contributed by atoms with Crippen LogP contribution in [0.4, 0.5) is 0 Å². The third-order valence-corrected chi connectivity index (χ3v) is 7.60. The molecule has 0 bridgehead atoms. The van der Waals surface area contributed by atoms with E-state index in [0.717, 1.165) is 10.0 Å². The molecule has 2 aromatic heterocycles. The first kappa shape index (κ1) is 24.5. The minimum Gasteiger partial charge on any atom is -0.463 e. The van der Waals surface area contributed by atoms with E-state index in [2.05, 4.69) is 20.9 Å². The Hall–Kier alpha value is -3.20. The number of furan rings is 1. The second kappa shape index (κ2) is 10.0. The van der Waals surface area contributed by atoms with E-state index < -0.39 is 12.0 Å². The molecule has 4 aromatic rings. The summed E-state index contributed by atoms with van der Waals surface area (Å²) in [5, 5.41) is 0.443. The van der Waals surface area contributed by atoms with Crippen molar-refractivity contribution in [3.8, 4) is 11.3 Å². The summed E-state index contributed by atoms with van der Waals surface area (Å²) in [6.07, 6.45) is 1.69. The Balaban J connectivity index is 1.65. The zero-order valence-electron chi connectivity index (χ0n) is 19.3. The number of nitrogens with zero attached hydrogens (tertiary/aromatic N) is 2. The average molecular weight is 584 g/mol. The Labute approximate surface area is 224 Å². The van der Waals surface area contributed by atoms with E-state index >= 15 is 0 Å². The fraction of sp³-hybridized carbons (Fsp3) is 0.148. The largest absolute Gasteiger partial charge is 0.463 e. The summed E-state index contributed by atoms with van der Waals surface area (Å²) in [6, 6.07) is 17.9. The first-order valence-electron chi connectivity index (χ1n) is 11.2. The van der Waals surface area contributed by atoms with Gasteiger partial charge in [-0.05, 0) is 49.7 Å². The number of fused-ring (bicyclic) bond motifs is 1. The van der Waals surface area contributed by atoms with Gasteiger partial charge in [-0.3, -0.25) is 9.36 Å². The lowest BCUT2D eigenvalue weighted by molar-refractivity contribution is -0.139. The molecule has 1 atom stereocenters. The summed E-state index contributed by atoms with van der Waals surface area (Å²) in [7, 11) is 0. The SMILES string of the molecule is CCOC(=O)C1=C(C)N=c2s/c(=C/c3ccc(-c4ccc(Br)cc4)o3)c(=O)n2C1c1ccccc1Cl. The zero-order valence-corrected chi connectivity index (χ0v) is 22.5. The number of aromatic nitrogens is 1. The van der Waals surface area contributed by atoms with Gasteiger partial charge in [0, 0.05) is 21.1 Å². The summed E-state index contributed by atoms with van der Waals surface area (Å²) in [5.74, 6) is 0.702. The van der Waals surface area contributed by atoms with Crippen molar-refractivity contribution < 1.29 is 13.9 Å². The number of esters is 1. The van der Waals surface area contributed by atoms with E-state index in [0.29, 0.717) is 42.7 Å². The van der Waals surface area contributed by atoms with Gasteiger partial charge >= 0.3 is 5.97 Å². The van der Waals surface area contributed by atoms with Crippen LogP contribution in [0.5, 0.6) is 0 Å². The molecule has 0 saturated carbocycles. The summed E-state index contributed by atoms with van der Waals surface area (Å²) in [6.45, 7) is 3.68. The lowest BCUT2D eigenvalue weighted by Crippen LogP contribution is -2.40. The molecule has 182 valence electrons. The van der Waals surface area contributed by atoms with Crippen molar-refractivity contribution >= 4 is 50.9 Å². The second-order valence-electron chi connectivity index (χ2n) is 8.03. The van der Waals surface area contributed by atoms with Gasteiger partial charge in [0.25, 0.3) is 5.56 Å². The standard InChI is InChI=1S/C27H20BrClN2O4S/c1-3-34-26(33)23-15(2)30-27-31(24(23)19-6-4-5-7-20(19)29)25(32)22(36-27)14-18-12-13-21(35-18)16-8-10-17(28)11-9-16/h4-14,24H,3H2,1-2H3/b22-14+. The molecular formula is C27H20BrClN2O4S. The highest BCUT2D eigenvalue weighted by Crippen LogP contribution is 2.34. The van der Waals surface area contributed by atoms with E-state index in [-0.39, 0.29) is 12.2 Å². The molecule has 0 fully saturated rings. The van der Waals surface area contributed by atoms with Gasteiger partial charge in [0.05, 0.1) is 22.4 Å². The molecule has 1 aliphatic rings. The van der Waals surface area contributed by atoms with E-state index in [4.69, 9.17) is 20.8 Å². The van der Waals surface area contributed by atoms with Crippen molar-refractivity contribution in [1.82, 2.24) is 4.57 Å². The number of benzene rings is 2. The number of thiazole rings is 1. The topological polar surface area (TPSA) is 73.8 Å². The van der Waals surface area contributed by atoms with Gasteiger partial charge in [-0.1, -0.05) is 69.2 Å². The Morgan fingerprint density at radius 1 is 1.19 bits per heavy atom. The molecule has 0 aliphatic carbocycles. The molecule has 0 spiro atoms. The minimum atomic E-state index is -0.758. The van der Waals surface area contributed by atoms with Gasteiger partial charge in [-0.15, -0.1) is 0 Å². The van der Waals surface area contributed by atoms with E-state index in [1.165, 1.54) is 15.9 Å². The average Bonchev–Trinajstić information content (AvgIpc) is 3.44. The molecule has 5 rings (SSSR count). The molecule has 0 N–H and O–H groups in total. The quantitative estimate of drug-likeness (QED) is 0.292. The van der Waals surface area contributed by atoms with E-state index in [9.17, 15) is 9.59 Å². The Morgan fingerprint density at radius 3 is 2.67 bits per heavy atom. The Morgan fingerprint density at radius 2 is 1.94 bits per heavy atom. The van der Waals surface area contributed by atoms with Crippen LogP contribution < -0.4 is 14.9 Å². The molecule has 3 heterocycles. The molecular weight excluding hydrogens is 564 g/mol. The third-order valence-electron chi connectivity index (χ3n) is 5.75. The van der Waals surface area contributed by atoms with Crippen LogP contribution in [0, 0.1) is 0 Å². The van der Waals surface area contributed by atoms with Gasteiger partial charge in [0.15, 0.2) is 4.80 Å². The lowest BCUT2D eigenvalue weighted by atomic mass is 9.96. The molecule has 9 heteroatoms. The molecule has 2 aromatic carbocycles. The van der Waals surface area contributed by atoms with Crippen LogP contribution in [0.25, 0.3) is 17.4 Å². The Bertz CT molecular complexity index is 1680. The second-order valence-corrected chi connectivity index (χ2v) is 10.4. The zero-order chi connectivity index (χ0) is 25.4. The number of hydrogen-bond donors (Lipinski definition) is 0. The van der Waals surface area contributed by atoms with E-state index in [1.54, 1.807) is 38.1 Å². The number of hydrogen-bond acceptors (Lipinski definition) is 6. The van der Waals surface area contributed by atoms with Gasteiger partial charge in [0.1, 0.15) is 17.6 Å². The maximum Gasteiger partial charge on any atom is 0.338 e. The monoisotopic (exact) mass is 582 g/mol. The third kappa shape index (κ3) is 4.52. The number of rotatable bonds is 5. The predicted molar refractivity (Wildman–Crippen MR) is 144 cm³/mol. The molecule has 1 aliphatic heterocycles. The van der Waals surface area contributed by atoms with Crippen molar-refractivity contribution in [3.05, 3.63) is 112 Å². The van der Waals surface area contributed by atoms with Crippen molar-refractivity contribution in [2.75, 3.05) is 6.61 Å². The highest BCUT2D eigenvalue weighted by atomic mass is 79.9. The normalized spacial score (nSPS) is 15.6. The van der Waals surface area contributed by atoms with E-state index in [1.807, 2.05) is 42.5 Å². The Kier molecular flexibility index (Phi) is 6.83. The van der Waals surface area contributed by atoms with Crippen LogP contribution in [0.15, 0.2) is 90.6 Å². The first-order valence-corrected chi connectivity index (χ1v) is 13.2. The molecule has 0 amide bonds. The first-order chi connectivity index (χ1) is 17.4. The smallest absolute Gasteiger partial charge is 0.338 e. The van der Waals surface area contributed by atoms with Gasteiger partial charge in [-0.25, -0.2) is 9.79 Å². The lowest BCUT2D eigenvalue weighted by Gasteiger charge is -2.25. The van der Waals surface area contributed by atoms with Crippen molar-refractivity contribution in [3.63, 3.8) is 0 Å². The summed E-state index contributed by atoms with van der Waals surface area (Å²) in [5.41, 5.74) is 2.04. The maximum absolute atomic E-state index is 13.7. The van der Waals surface area contributed by atoms with Crippen LogP contribution >= 0.6 is 38.9 Å². The van der Waals surface area contributed by atoms with Crippen LogP contribution in [-0.2, 0) is 9.53 Å². The van der Waals surface area contributed by atoms with Gasteiger partial charge < -0.3 is 9.15 Å². The molecule has 0 radical (unpaired) electrons. The molecule has 36 heavy (non-hydrogen) atoms. The number of carbonyl (C=O) groups is 1. The minimum absolute atomic E-state index is 0.203. The summed E-state index contributed by atoms with van der Waals surface area (Å²) < 4.78 is 14.2. The predicted octanol–water partition coefficient (Wildman–Crippen LogP) is 5.47. The van der Waals surface area contributed by atoms with Crippen LogP contribution in [0.1, 0.15) is 31.2 Å². The fourth-order valence-corrected chi connectivity index (χ4v) is 5.64.